The van der Waals surface area contributed by atoms with Crippen LogP contribution in [0.3, 0.4) is 0 Å². The molecule has 0 heterocycles. The summed E-state index contributed by atoms with van der Waals surface area (Å²) in [6.07, 6.45) is 2.88. The summed E-state index contributed by atoms with van der Waals surface area (Å²) < 4.78 is 0. The van der Waals surface area contributed by atoms with E-state index >= 15 is 0 Å². The minimum atomic E-state index is -0.0196. The van der Waals surface area contributed by atoms with Gasteiger partial charge in [-0.2, -0.15) is 0 Å². The molecule has 16 heavy (non-hydrogen) atoms. The number of carbonyl (C=O) groups is 2. The van der Waals surface area contributed by atoms with Gasteiger partial charge in [0.05, 0.1) is 0 Å². The lowest BCUT2D eigenvalue weighted by Crippen LogP contribution is -2.12. The minimum absolute atomic E-state index is 0.0196. The van der Waals surface area contributed by atoms with Gasteiger partial charge < -0.3 is 0 Å². The molecule has 84 valence electrons. The highest BCUT2D eigenvalue weighted by Crippen LogP contribution is 2.25. The lowest BCUT2D eigenvalue weighted by molar-refractivity contribution is -0.120. The van der Waals surface area contributed by atoms with Crippen LogP contribution in [0.1, 0.15) is 41.6 Å². The maximum atomic E-state index is 11.9. The summed E-state index contributed by atoms with van der Waals surface area (Å²) in [5.41, 5.74) is 1.87. The van der Waals surface area contributed by atoms with E-state index in [0.29, 0.717) is 12.8 Å². The van der Waals surface area contributed by atoms with Crippen molar-refractivity contribution in [1.29, 1.82) is 0 Å². The Hall–Kier alpha value is -1.44. The van der Waals surface area contributed by atoms with Crippen LogP contribution >= 0.6 is 0 Å². The van der Waals surface area contributed by atoms with Gasteiger partial charge in [-0.1, -0.05) is 29.8 Å². The fourth-order valence-electron chi connectivity index (χ4n) is 2.18. The van der Waals surface area contributed by atoms with Crippen molar-refractivity contribution in [2.24, 2.45) is 5.92 Å². The highest BCUT2D eigenvalue weighted by Gasteiger charge is 2.26. The molecule has 0 radical (unpaired) electrons. The Morgan fingerprint density at radius 3 is 2.56 bits per heavy atom. The highest BCUT2D eigenvalue weighted by atomic mass is 16.1. The van der Waals surface area contributed by atoms with Gasteiger partial charge in [0.2, 0.25) is 0 Å². The number of hydrogen-bond donors (Lipinski definition) is 0. The molecule has 0 aliphatic heterocycles. The molecule has 0 aromatic heterocycles. The minimum Gasteiger partial charge on any atom is -0.299 e. The maximum absolute atomic E-state index is 11.9. The van der Waals surface area contributed by atoms with Crippen LogP contribution in [-0.4, -0.2) is 11.6 Å². The zero-order chi connectivity index (χ0) is 11.5. The van der Waals surface area contributed by atoms with E-state index in [-0.39, 0.29) is 17.5 Å². The van der Waals surface area contributed by atoms with Crippen molar-refractivity contribution >= 4 is 11.6 Å². The molecule has 2 heteroatoms. The summed E-state index contributed by atoms with van der Waals surface area (Å²) >= 11 is 0. The van der Waals surface area contributed by atoms with Gasteiger partial charge in [-0.25, -0.2) is 0 Å². The molecule has 1 aliphatic rings. The lowest BCUT2D eigenvalue weighted by Gasteiger charge is -2.06. The SMILES string of the molecule is Cc1ccc(C(=O)CC2CCCC2=O)cc1. The normalized spacial score (nSPS) is 20.1. The lowest BCUT2D eigenvalue weighted by atomic mass is 9.96. The smallest absolute Gasteiger partial charge is 0.163 e. The van der Waals surface area contributed by atoms with Gasteiger partial charge in [0.1, 0.15) is 5.78 Å². The largest absolute Gasteiger partial charge is 0.299 e. The molecule has 1 aliphatic carbocycles. The van der Waals surface area contributed by atoms with Crippen molar-refractivity contribution in [1.82, 2.24) is 0 Å². The van der Waals surface area contributed by atoms with Crippen LogP contribution in [0.15, 0.2) is 24.3 Å². The Morgan fingerprint density at radius 1 is 1.31 bits per heavy atom. The molecule has 1 unspecified atom stereocenters. The molecule has 2 rings (SSSR count). The predicted octanol–water partition coefficient (Wildman–Crippen LogP) is 2.94. The Kier molecular flexibility index (Phi) is 3.18. The van der Waals surface area contributed by atoms with Crippen molar-refractivity contribution in [3.05, 3.63) is 35.4 Å². The Balaban J connectivity index is 2.02. The second-order valence-corrected chi connectivity index (χ2v) is 4.55. The first-order chi connectivity index (χ1) is 7.66. The summed E-state index contributed by atoms with van der Waals surface area (Å²) in [5.74, 6) is 0.342. The average molecular weight is 216 g/mol. The van der Waals surface area contributed by atoms with Crippen molar-refractivity contribution in [2.75, 3.05) is 0 Å². The molecule has 0 amide bonds. The van der Waals surface area contributed by atoms with Crippen molar-refractivity contribution < 1.29 is 9.59 Å². The number of ketones is 2. The van der Waals surface area contributed by atoms with Crippen molar-refractivity contribution in [2.45, 2.75) is 32.6 Å². The number of Topliss-reactive ketones (excluding diaryl/α,β-unsaturated/α-hetero) is 2. The van der Waals surface area contributed by atoms with Crippen LogP contribution < -0.4 is 0 Å². The van der Waals surface area contributed by atoms with E-state index < -0.39 is 0 Å². The van der Waals surface area contributed by atoms with E-state index in [1.54, 1.807) is 0 Å². The summed E-state index contributed by atoms with van der Waals surface area (Å²) in [5, 5.41) is 0. The first-order valence-electron chi connectivity index (χ1n) is 5.79. The number of carbonyl (C=O) groups excluding carboxylic acids is 2. The Bertz CT molecular complexity index is 403. The van der Waals surface area contributed by atoms with Gasteiger partial charge in [0, 0.05) is 24.3 Å². The van der Waals surface area contributed by atoms with Crippen LogP contribution in [0, 0.1) is 12.8 Å². The fraction of sp³-hybridized carbons (Fsp3) is 0.429. The standard InChI is InChI=1S/C14H16O2/c1-10-5-7-11(8-6-10)14(16)9-12-3-2-4-13(12)15/h5-8,12H,2-4,9H2,1H3. The molecular formula is C14H16O2. The summed E-state index contributed by atoms with van der Waals surface area (Å²) in [6.45, 7) is 1.99. The van der Waals surface area contributed by atoms with Gasteiger partial charge >= 0.3 is 0 Å². The topological polar surface area (TPSA) is 34.1 Å². The van der Waals surface area contributed by atoms with E-state index in [1.165, 1.54) is 0 Å². The quantitative estimate of drug-likeness (QED) is 0.728. The first-order valence-corrected chi connectivity index (χ1v) is 5.79. The molecule has 0 spiro atoms. The molecule has 2 nitrogen and oxygen atoms in total. The van der Waals surface area contributed by atoms with E-state index in [1.807, 2.05) is 31.2 Å². The van der Waals surface area contributed by atoms with Crippen LogP contribution in [0.25, 0.3) is 0 Å². The molecule has 1 atom stereocenters. The summed E-state index contributed by atoms with van der Waals surface area (Å²) in [7, 11) is 0. The molecule has 0 bridgehead atoms. The van der Waals surface area contributed by atoms with Gasteiger partial charge in [0.15, 0.2) is 5.78 Å². The van der Waals surface area contributed by atoms with Crippen molar-refractivity contribution in [3.63, 3.8) is 0 Å². The van der Waals surface area contributed by atoms with Gasteiger partial charge in [0.25, 0.3) is 0 Å². The third-order valence-corrected chi connectivity index (χ3v) is 3.24. The molecule has 1 saturated carbocycles. The number of benzene rings is 1. The molecular weight excluding hydrogens is 200 g/mol. The number of aryl methyl sites for hydroxylation is 1. The van der Waals surface area contributed by atoms with Crippen LogP contribution in [0.4, 0.5) is 0 Å². The van der Waals surface area contributed by atoms with Crippen molar-refractivity contribution in [3.8, 4) is 0 Å². The van der Waals surface area contributed by atoms with E-state index in [9.17, 15) is 9.59 Å². The maximum Gasteiger partial charge on any atom is 0.163 e. The zero-order valence-electron chi connectivity index (χ0n) is 9.53. The molecule has 0 N–H and O–H groups in total. The van der Waals surface area contributed by atoms with E-state index in [4.69, 9.17) is 0 Å². The first kappa shape index (κ1) is 11.1. The fourth-order valence-corrected chi connectivity index (χ4v) is 2.18. The van der Waals surface area contributed by atoms with Crippen LogP contribution in [0.5, 0.6) is 0 Å². The molecule has 1 aromatic rings. The second-order valence-electron chi connectivity index (χ2n) is 4.55. The Labute approximate surface area is 95.7 Å². The van der Waals surface area contributed by atoms with Crippen LogP contribution in [0.2, 0.25) is 0 Å². The zero-order valence-corrected chi connectivity index (χ0v) is 9.53. The predicted molar refractivity (Wildman–Crippen MR) is 62.5 cm³/mol. The Morgan fingerprint density at radius 2 is 2.00 bits per heavy atom. The summed E-state index contributed by atoms with van der Waals surface area (Å²) in [6, 6.07) is 7.56. The third kappa shape index (κ3) is 2.38. The van der Waals surface area contributed by atoms with E-state index in [0.717, 1.165) is 24.0 Å². The monoisotopic (exact) mass is 216 g/mol. The molecule has 1 fully saturated rings. The van der Waals surface area contributed by atoms with Gasteiger partial charge in [-0.3, -0.25) is 9.59 Å². The van der Waals surface area contributed by atoms with Crippen LogP contribution in [-0.2, 0) is 4.79 Å². The third-order valence-electron chi connectivity index (χ3n) is 3.24. The highest BCUT2D eigenvalue weighted by molar-refractivity contribution is 5.99. The second kappa shape index (κ2) is 4.60. The van der Waals surface area contributed by atoms with Gasteiger partial charge in [-0.05, 0) is 19.8 Å². The van der Waals surface area contributed by atoms with E-state index in [2.05, 4.69) is 0 Å². The van der Waals surface area contributed by atoms with Gasteiger partial charge in [-0.15, -0.1) is 0 Å². The summed E-state index contributed by atoms with van der Waals surface area (Å²) in [4.78, 5) is 23.3. The number of hydrogen-bond acceptors (Lipinski definition) is 2. The average Bonchev–Trinajstić information content (AvgIpc) is 2.65. The molecule has 0 saturated heterocycles. The number of rotatable bonds is 3. The molecule has 1 aromatic carbocycles.